The van der Waals surface area contributed by atoms with Gasteiger partial charge < -0.3 is 10.6 Å². The molecule has 0 fully saturated rings. The highest BCUT2D eigenvalue weighted by Crippen LogP contribution is 2.18. The van der Waals surface area contributed by atoms with Crippen LogP contribution >= 0.6 is 12.2 Å². The molecular weight excluding hydrogens is 298 g/mol. The fourth-order valence-electron chi connectivity index (χ4n) is 1.93. The Morgan fingerprint density at radius 2 is 1.64 bits per heavy atom. The smallest absolute Gasteiger partial charge is 0.257 e. The number of amides is 2. The van der Waals surface area contributed by atoms with Gasteiger partial charge in [-0.25, -0.2) is 0 Å². The molecule has 2 rings (SSSR count). The fourth-order valence-corrected chi connectivity index (χ4v) is 2.12. The van der Waals surface area contributed by atoms with E-state index in [-0.39, 0.29) is 11.0 Å². The van der Waals surface area contributed by atoms with Gasteiger partial charge in [-0.3, -0.25) is 14.9 Å². The topological polar surface area (TPSA) is 75.4 Å². The third-order valence-electron chi connectivity index (χ3n) is 3.09. The second-order valence-corrected chi connectivity index (χ2v) is 4.95. The van der Waals surface area contributed by atoms with Crippen molar-refractivity contribution in [1.29, 1.82) is 0 Å². The van der Waals surface area contributed by atoms with E-state index in [4.69, 9.17) is 18.0 Å². The molecule has 0 saturated heterocycles. The summed E-state index contributed by atoms with van der Waals surface area (Å²) in [6, 6.07) is 15.5. The van der Waals surface area contributed by atoms with Crippen LogP contribution in [0.1, 0.15) is 20.7 Å². The average Bonchev–Trinajstić information content (AvgIpc) is 2.54. The summed E-state index contributed by atoms with van der Waals surface area (Å²) in [4.78, 5) is 25.1. The van der Waals surface area contributed by atoms with Crippen molar-refractivity contribution in [2.24, 2.45) is 5.73 Å². The lowest BCUT2D eigenvalue weighted by Crippen LogP contribution is -2.41. The van der Waals surface area contributed by atoms with E-state index in [1.165, 1.54) is 4.90 Å². The van der Waals surface area contributed by atoms with Gasteiger partial charge in [0, 0.05) is 12.6 Å². The summed E-state index contributed by atoms with van der Waals surface area (Å²) in [6.07, 6.45) is 0. The van der Waals surface area contributed by atoms with Gasteiger partial charge in [-0.15, -0.1) is 0 Å². The van der Waals surface area contributed by atoms with Crippen LogP contribution in [-0.4, -0.2) is 24.0 Å². The first kappa shape index (κ1) is 15.7. The van der Waals surface area contributed by atoms with Crippen LogP contribution in [0, 0.1) is 0 Å². The highest BCUT2D eigenvalue weighted by Gasteiger charge is 2.16. The second-order valence-electron chi connectivity index (χ2n) is 4.57. The SMILES string of the molecule is CN(C(=S)NC(=O)c1ccccc1)c1ccccc1C(N)=O. The monoisotopic (exact) mass is 313 g/mol. The van der Waals surface area contributed by atoms with Gasteiger partial charge in [-0.1, -0.05) is 30.3 Å². The number of hydrogen-bond acceptors (Lipinski definition) is 3. The van der Waals surface area contributed by atoms with Crippen LogP contribution in [0.2, 0.25) is 0 Å². The maximum atomic E-state index is 12.1. The number of rotatable bonds is 3. The predicted octanol–water partition coefficient (Wildman–Crippen LogP) is 1.94. The highest BCUT2D eigenvalue weighted by molar-refractivity contribution is 7.80. The predicted molar refractivity (Wildman–Crippen MR) is 89.9 cm³/mol. The molecule has 2 aromatic carbocycles. The van der Waals surface area contributed by atoms with Gasteiger partial charge in [0.2, 0.25) is 0 Å². The summed E-state index contributed by atoms with van der Waals surface area (Å²) in [5.74, 6) is -0.867. The summed E-state index contributed by atoms with van der Waals surface area (Å²) in [5.41, 5.74) is 6.72. The third-order valence-corrected chi connectivity index (χ3v) is 3.47. The summed E-state index contributed by atoms with van der Waals surface area (Å²) < 4.78 is 0. The number of carbonyl (C=O) groups excluding carboxylic acids is 2. The lowest BCUT2D eigenvalue weighted by Gasteiger charge is -2.22. The van der Waals surface area contributed by atoms with E-state index in [1.807, 2.05) is 6.07 Å². The van der Waals surface area contributed by atoms with Crippen LogP contribution in [0.4, 0.5) is 5.69 Å². The van der Waals surface area contributed by atoms with E-state index < -0.39 is 5.91 Å². The normalized spacial score (nSPS) is 9.86. The molecule has 5 nitrogen and oxygen atoms in total. The number of primary amides is 1. The lowest BCUT2D eigenvalue weighted by molar-refractivity contribution is 0.0975. The minimum absolute atomic E-state index is 0.183. The van der Waals surface area contributed by atoms with E-state index in [0.717, 1.165) is 0 Å². The first-order valence-electron chi connectivity index (χ1n) is 6.53. The minimum Gasteiger partial charge on any atom is -0.366 e. The van der Waals surface area contributed by atoms with Gasteiger partial charge in [0.05, 0.1) is 11.3 Å². The van der Waals surface area contributed by atoms with E-state index in [9.17, 15) is 9.59 Å². The van der Waals surface area contributed by atoms with Gasteiger partial charge >= 0.3 is 0 Å². The molecule has 0 heterocycles. The van der Waals surface area contributed by atoms with Crippen molar-refractivity contribution in [3.05, 3.63) is 65.7 Å². The summed E-state index contributed by atoms with van der Waals surface area (Å²) >= 11 is 5.22. The summed E-state index contributed by atoms with van der Waals surface area (Å²) in [7, 11) is 1.66. The van der Waals surface area contributed by atoms with Gasteiger partial charge in [-0.2, -0.15) is 0 Å². The number of hydrogen-bond donors (Lipinski definition) is 2. The number of nitrogens with two attached hydrogens (primary N) is 1. The number of nitrogens with zero attached hydrogens (tertiary/aromatic N) is 1. The quantitative estimate of drug-likeness (QED) is 0.849. The Labute approximate surface area is 133 Å². The molecule has 0 aliphatic rings. The molecule has 0 aliphatic heterocycles. The van der Waals surface area contributed by atoms with E-state index in [0.29, 0.717) is 16.8 Å². The molecule has 6 heteroatoms. The second kappa shape index (κ2) is 6.82. The molecule has 0 aliphatic carbocycles. The van der Waals surface area contributed by atoms with Crippen molar-refractivity contribution >= 4 is 34.8 Å². The Kier molecular flexibility index (Phi) is 4.85. The maximum absolute atomic E-state index is 12.1. The lowest BCUT2D eigenvalue weighted by atomic mass is 10.1. The van der Waals surface area contributed by atoms with Crippen LogP contribution in [-0.2, 0) is 0 Å². The molecule has 0 saturated carbocycles. The van der Waals surface area contributed by atoms with Gasteiger partial charge in [0.15, 0.2) is 5.11 Å². The number of para-hydroxylation sites is 1. The molecule has 0 unspecified atom stereocenters. The molecule has 0 aromatic heterocycles. The number of benzene rings is 2. The standard InChI is InChI=1S/C16H15N3O2S/c1-19(13-10-6-5-9-12(13)14(17)20)16(22)18-15(21)11-7-3-2-4-8-11/h2-10H,1H3,(H2,17,20)(H,18,21,22). The van der Waals surface area contributed by atoms with E-state index in [1.54, 1.807) is 55.6 Å². The van der Waals surface area contributed by atoms with Gasteiger partial charge in [0.25, 0.3) is 11.8 Å². The molecule has 112 valence electrons. The highest BCUT2D eigenvalue weighted by atomic mass is 32.1. The van der Waals surface area contributed by atoms with Crippen molar-refractivity contribution in [3.63, 3.8) is 0 Å². The van der Waals surface area contributed by atoms with Crippen molar-refractivity contribution < 1.29 is 9.59 Å². The molecule has 2 amide bonds. The molecule has 2 aromatic rings. The molecule has 0 spiro atoms. The van der Waals surface area contributed by atoms with Crippen LogP contribution in [0.3, 0.4) is 0 Å². The van der Waals surface area contributed by atoms with Gasteiger partial charge in [0.1, 0.15) is 0 Å². The van der Waals surface area contributed by atoms with Gasteiger partial charge in [-0.05, 0) is 36.5 Å². The Hall–Kier alpha value is -2.73. The molecular formula is C16H15N3O2S. The van der Waals surface area contributed by atoms with Crippen molar-refractivity contribution in [2.45, 2.75) is 0 Å². The van der Waals surface area contributed by atoms with Crippen LogP contribution < -0.4 is 16.0 Å². The first-order valence-corrected chi connectivity index (χ1v) is 6.94. The molecule has 0 radical (unpaired) electrons. The third kappa shape index (κ3) is 3.48. The number of anilines is 1. The molecule has 0 bridgehead atoms. The zero-order valence-corrected chi connectivity index (χ0v) is 12.8. The van der Waals surface area contributed by atoms with Crippen molar-refractivity contribution in [3.8, 4) is 0 Å². The maximum Gasteiger partial charge on any atom is 0.257 e. The van der Waals surface area contributed by atoms with Crippen LogP contribution in [0.15, 0.2) is 54.6 Å². The first-order chi connectivity index (χ1) is 10.5. The fraction of sp³-hybridized carbons (Fsp3) is 0.0625. The zero-order chi connectivity index (χ0) is 16.1. The molecule has 22 heavy (non-hydrogen) atoms. The Morgan fingerprint density at radius 1 is 1.05 bits per heavy atom. The van der Waals surface area contributed by atoms with Crippen LogP contribution in [0.25, 0.3) is 0 Å². The Bertz CT molecular complexity index is 716. The summed E-state index contributed by atoms with van der Waals surface area (Å²) in [5, 5.41) is 2.81. The minimum atomic E-state index is -0.556. The van der Waals surface area contributed by atoms with Crippen LogP contribution in [0.5, 0.6) is 0 Å². The van der Waals surface area contributed by atoms with Crippen molar-refractivity contribution in [2.75, 3.05) is 11.9 Å². The van der Waals surface area contributed by atoms with E-state index >= 15 is 0 Å². The Balaban J connectivity index is 2.17. The zero-order valence-electron chi connectivity index (χ0n) is 11.9. The number of carbonyl (C=O) groups is 2. The average molecular weight is 313 g/mol. The molecule has 3 N–H and O–H groups in total. The molecule has 0 atom stereocenters. The Morgan fingerprint density at radius 3 is 2.27 bits per heavy atom. The van der Waals surface area contributed by atoms with Crippen molar-refractivity contribution in [1.82, 2.24) is 5.32 Å². The summed E-state index contributed by atoms with van der Waals surface area (Å²) in [6.45, 7) is 0. The number of nitrogens with one attached hydrogen (secondary N) is 1. The largest absolute Gasteiger partial charge is 0.366 e. The number of thiocarbonyl (C=S) groups is 1. The van der Waals surface area contributed by atoms with E-state index in [2.05, 4.69) is 5.32 Å².